The van der Waals surface area contributed by atoms with Crippen LogP contribution < -0.4 is 5.32 Å². The number of piperidine rings is 1. The lowest BCUT2D eigenvalue weighted by molar-refractivity contribution is -0.137. The molecule has 0 aromatic rings. The molecule has 1 spiro atoms. The molecule has 0 aliphatic carbocycles. The SMILES string of the molecule is CC.O=C1CC2(CCNCC2)CO1. The molecule has 3 nitrogen and oxygen atoms in total. The molecule has 1 N–H and O–H groups in total. The lowest BCUT2D eigenvalue weighted by Crippen LogP contribution is -2.37. The van der Waals surface area contributed by atoms with Gasteiger partial charge in [-0.1, -0.05) is 13.8 Å². The largest absolute Gasteiger partial charge is 0.465 e. The molecule has 0 atom stereocenters. The van der Waals surface area contributed by atoms with Gasteiger partial charge in [0.1, 0.15) is 0 Å². The van der Waals surface area contributed by atoms with Crippen LogP contribution in [0.25, 0.3) is 0 Å². The van der Waals surface area contributed by atoms with Crippen LogP contribution in [-0.2, 0) is 9.53 Å². The lowest BCUT2D eigenvalue weighted by Gasteiger charge is -2.30. The number of nitrogens with one attached hydrogen (secondary N) is 1. The van der Waals surface area contributed by atoms with E-state index < -0.39 is 0 Å². The third-order valence-corrected chi connectivity index (χ3v) is 2.72. The van der Waals surface area contributed by atoms with Crippen molar-refractivity contribution in [2.75, 3.05) is 19.7 Å². The average Bonchev–Trinajstić information content (AvgIpc) is 2.52. The number of carbonyl (C=O) groups excluding carboxylic acids is 1. The second-order valence-electron chi connectivity index (χ2n) is 3.59. The van der Waals surface area contributed by atoms with Crippen molar-refractivity contribution in [2.45, 2.75) is 33.1 Å². The van der Waals surface area contributed by atoms with Gasteiger partial charge < -0.3 is 10.1 Å². The van der Waals surface area contributed by atoms with E-state index in [1.807, 2.05) is 13.8 Å². The Morgan fingerprint density at radius 2 is 1.92 bits per heavy atom. The molecule has 0 amide bonds. The van der Waals surface area contributed by atoms with Gasteiger partial charge in [-0.2, -0.15) is 0 Å². The first-order valence-electron chi connectivity index (χ1n) is 5.17. The van der Waals surface area contributed by atoms with Gasteiger partial charge >= 0.3 is 5.97 Å². The molecule has 13 heavy (non-hydrogen) atoms. The summed E-state index contributed by atoms with van der Waals surface area (Å²) >= 11 is 0. The van der Waals surface area contributed by atoms with Crippen molar-refractivity contribution in [3.05, 3.63) is 0 Å². The Labute approximate surface area is 79.8 Å². The highest BCUT2D eigenvalue weighted by Crippen LogP contribution is 2.37. The summed E-state index contributed by atoms with van der Waals surface area (Å²) in [5.74, 6) is -0.00750. The minimum Gasteiger partial charge on any atom is -0.465 e. The summed E-state index contributed by atoms with van der Waals surface area (Å²) in [6, 6.07) is 0. The van der Waals surface area contributed by atoms with Gasteiger partial charge in [0.25, 0.3) is 0 Å². The first-order chi connectivity index (χ1) is 6.31. The van der Waals surface area contributed by atoms with E-state index >= 15 is 0 Å². The molecule has 76 valence electrons. The molecule has 2 aliphatic rings. The Bertz CT molecular complexity index is 174. The Morgan fingerprint density at radius 1 is 1.31 bits per heavy atom. The van der Waals surface area contributed by atoms with Crippen LogP contribution in [-0.4, -0.2) is 25.7 Å². The minimum atomic E-state index is -0.00750. The summed E-state index contributed by atoms with van der Waals surface area (Å²) in [6.45, 7) is 6.74. The summed E-state index contributed by atoms with van der Waals surface area (Å²) in [5, 5.41) is 3.28. The van der Waals surface area contributed by atoms with Crippen LogP contribution in [0.2, 0.25) is 0 Å². The average molecular weight is 185 g/mol. The zero-order valence-corrected chi connectivity index (χ0v) is 8.56. The molecule has 0 radical (unpaired) electrons. The van der Waals surface area contributed by atoms with Crippen molar-refractivity contribution >= 4 is 5.97 Å². The number of cyclic esters (lactones) is 1. The van der Waals surface area contributed by atoms with E-state index in [9.17, 15) is 4.79 Å². The van der Waals surface area contributed by atoms with Gasteiger partial charge in [-0.05, 0) is 25.9 Å². The number of esters is 1. The van der Waals surface area contributed by atoms with Crippen LogP contribution in [0.15, 0.2) is 0 Å². The van der Waals surface area contributed by atoms with Crippen LogP contribution in [0, 0.1) is 5.41 Å². The first-order valence-corrected chi connectivity index (χ1v) is 5.17. The fraction of sp³-hybridized carbons (Fsp3) is 0.900. The summed E-state index contributed by atoms with van der Waals surface area (Å²) in [5.41, 5.74) is 0.211. The molecule has 3 heteroatoms. The Kier molecular flexibility index (Phi) is 3.72. The zero-order chi connectivity index (χ0) is 9.73. The highest BCUT2D eigenvalue weighted by molar-refractivity contribution is 5.72. The standard InChI is InChI=1S/C8H13NO2.C2H6/c10-7-5-8(6-11-7)1-3-9-4-2-8;1-2/h9H,1-6H2;1-2H3. The van der Waals surface area contributed by atoms with Crippen molar-refractivity contribution in [3.8, 4) is 0 Å². The van der Waals surface area contributed by atoms with Crippen LogP contribution in [0.1, 0.15) is 33.1 Å². The summed E-state index contributed by atoms with van der Waals surface area (Å²) in [4.78, 5) is 10.9. The van der Waals surface area contributed by atoms with Crippen molar-refractivity contribution in [3.63, 3.8) is 0 Å². The monoisotopic (exact) mass is 185 g/mol. The minimum absolute atomic E-state index is 0.00750. The van der Waals surface area contributed by atoms with Gasteiger partial charge in [-0.15, -0.1) is 0 Å². The van der Waals surface area contributed by atoms with E-state index in [-0.39, 0.29) is 11.4 Å². The molecule has 2 fully saturated rings. The molecular weight excluding hydrogens is 166 g/mol. The first kappa shape index (κ1) is 10.5. The van der Waals surface area contributed by atoms with E-state index in [2.05, 4.69) is 5.32 Å². The maximum absolute atomic E-state index is 10.9. The van der Waals surface area contributed by atoms with E-state index in [4.69, 9.17) is 4.74 Å². The smallest absolute Gasteiger partial charge is 0.306 e. The molecule has 0 saturated carbocycles. The van der Waals surface area contributed by atoms with Crippen molar-refractivity contribution in [1.82, 2.24) is 5.32 Å². The molecule has 2 aliphatic heterocycles. The van der Waals surface area contributed by atoms with Gasteiger partial charge in [0.15, 0.2) is 0 Å². The van der Waals surface area contributed by atoms with Gasteiger partial charge in [0.2, 0.25) is 0 Å². The van der Waals surface area contributed by atoms with Crippen LogP contribution in [0.3, 0.4) is 0 Å². The molecule has 0 bridgehead atoms. The fourth-order valence-electron chi connectivity index (χ4n) is 1.92. The zero-order valence-electron chi connectivity index (χ0n) is 8.56. The highest BCUT2D eigenvalue weighted by Gasteiger charge is 2.40. The second kappa shape index (κ2) is 4.61. The molecule has 0 unspecified atom stereocenters. The Morgan fingerprint density at radius 3 is 2.38 bits per heavy atom. The van der Waals surface area contributed by atoms with E-state index in [1.165, 1.54) is 0 Å². The molecule has 2 heterocycles. The van der Waals surface area contributed by atoms with Crippen LogP contribution >= 0.6 is 0 Å². The summed E-state index contributed by atoms with van der Waals surface area (Å²) in [7, 11) is 0. The lowest BCUT2D eigenvalue weighted by atomic mass is 9.78. The summed E-state index contributed by atoms with van der Waals surface area (Å²) in [6.07, 6.45) is 2.84. The van der Waals surface area contributed by atoms with E-state index in [0.29, 0.717) is 13.0 Å². The van der Waals surface area contributed by atoms with Gasteiger partial charge in [-0.25, -0.2) is 0 Å². The number of rotatable bonds is 0. The van der Waals surface area contributed by atoms with Crippen LogP contribution in [0.5, 0.6) is 0 Å². The third-order valence-electron chi connectivity index (χ3n) is 2.72. The predicted molar refractivity (Wildman–Crippen MR) is 51.5 cm³/mol. The molecule has 0 aromatic carbocycles. The number of carbonyl (C=O) groups is 1. The van der Waals surface area contributed by atoms with Gasteiger partial charge in [0.05, 0.1) is 13.0 Å². The van der Waals surface area contributed by atoms with Crippen molar-refractivity contribution in [2.24, 2.45) is 5.41 Å². The summed E-state index contributed by atoms with van der Waals surface area (Å²) < 4.78 is 4.98. The van der Waals surface area contributed by atoms with Crippen LogP contribution in [0.4, 0.5) is 0 Å². The van der Waals surface area contributed by atoms with Gasteiger partial charge in [0, 0.05) is 5.41 Å². The number of hydrogen-bond donors (Lipinski definition) is 1. The normalized spacial score (nSPS) is 24.9. The second-order valence-corrected chi connectivity index (χ2v) is 3.59. The molecular formula is C10H19NO2. The van der Waals surface area contributed by atoms with Crippen molar-refractivity contribution in [1.29, 1.82) is 0 Å². The highest BCUT2D eigenvalue weighted by atomic mass is 16.5. The molecule has 0 aromatic heterocycles. The topological polar surface area (TPSA) is 38.3 Å². The van der Waals surface area contributed by atoms with E-state index in [0.717, 1.165) is 25.9 Å². The van der Waals surface area contributed by atoms with Gasteiger partial charge in [-0.3, -0.25) is 4.79 Å². The van der Waals surface area contributed by atoms with Crippen molar-refractivity contribution < 1.29 is 9.53 Å². The molecule has 2 saturated heterocycles. The quantitative estimate of drug-likeness (QED) is 0.579. The number of hydrogen-bond acceptors (Lipinski definition) is 3. The maximum atomic E-state index is 10.9. The fourth-order valence-corrected chi connectivity index (χ4v) is 1.92. The predicted octanol–water partition coefficient (Wildman–Crippen LogP) is 1.33. The Hall–Kier alpha value is -0.570. The number of ether oxygens (including phenoxy) is 1. The third kappa shape index (κ3) is 2.44. The maximum Gasteiger partial charge on any atom is 0.306 e. The molecule has 2 rings (SSSR count). The van der Waals surface area contributed by atoms with E-state index in [1.54, 1.807) is 0 Å². The Balaban J connectivity index is 0.000000396.